The third-order valence-corrected chi connectivity index (χ3v) is 2.49. The van der Waals surface area contributed by atoms with Crippen molar-refractivity contribution in [1.82, 2.24) is 4.90 Å². The average molecular weight is 241 g/mol. The second-order valence-electron chi connectivity index (χ2n) is 5.15. The molecule has 1 heterocycles. The summed E-state index contributed by atoms with van der Waals surface area (Å²) in [7, 11) is 0. The standard InChI is InChI=1S/C10H19N5O2/c1-10(2,3)17-9(16)15-5-4-7(11)8(6-15)13-14-12/h7-8H,4-6,11H2,1-3H3/t7-,8+/m1/s1. The summed E-state index contributed by atoms with van der Waals surface area (Å²) in [6.07, 6.45) is 0.227. The number of rotatable bonds is 1. The molecule has 0 aromatic carbocycles. The SMILES string of the molecule is CC(C)(C)OC(=O)N1CC[C@@H](N)[C@@H](N=[N+]=[N-])C1. The zero-order chi connectivity index (χ0) is 13.1. The number of nitrogens with two attached hydrogens (primary N) is 1. The molecule has 1 saturated heterocycles. The lowest BCUT2D eigenvalue weighted by atomic mass is 10.0. The van der Waals surface area contributed by atoms with Crippen LogP contribution in [0.3, 0.4) is 0 Å². The third-order valence-electron chi connectivity index (χ3n) is 2.49. The monoisotopic (exact) mass is 241 g/mol. The van der Waals surface area contributed by atoms with Gasteiger partial charge in [0.2, 0.25) is 0 Å². The Labute approximate surface area is 101 Å². The van der Waals surface area contributed by atoms with Crippen LogP contribution >= 0.6 is 0 Å². The second kappa shape index (κ2) is 5.25. The van der Waals surface area contributed by atoms with Crippen molar-refractivity contribution in [3.05, 3.63) is 10.4 Å². The van der Waals surface area contributed by atoms with Crippen LogP contribution in [0.2, 0.25) is 0 Å². The van der Waals surface area contributed by atoms with E-state index in [9.17, 15) is 4.79 Å². The van der Waals surface area contributed by atoms with Gasteiger partial charge in [-0.2, -0.15) is 0 Å². The fraction of sp³-hybridized carbons (Fsp3) is 0.900. The van der Waals surface area contributed by atoms with E-state index in [2.05, 4.69) is 10.0 Å². The summed E-state index contributed by atoms with van der Waals surface area (Å²) < 4.78 is 5.25. The molecule has 1 rings (SSSR count). The van der Waals surface area contributed by atoms with E-state index in [-0.39, 0.29) is 18.2 Å². The molecule has 0 aliphatic carbocycles. The van der Waals surface area contributed by atoms with Crippen molar-refractivity contribution in [2.24, 2.45) is 10.8 Å². The van der Waals surface area contributed by atoms with Gasteiger partial charge in [0.1, 0.15) is 5.60 Å². The van der Waals surface area contributed by atoms with Crippen LogP contribution in [-0.4, -0.2) is 41.8 Å². The highest BCUT2D eigenvalue weighted by atomic mass is 16.6. The average Bonchev–Trinajstić information content (AvgIpc) is 2.19. The van der Waals surface area contributed by atoms with Gasteiger partial charge in [0, 0.05) is 24.0 Å². The van der Waals surface area contributed by atoms with Crippen molar-refractivity contribution in [3.8, 4) is 0 Å². The highest BCUT2D eigenvalue weighted by molar-refractivity contribution is 5.68. The summed E-state index contributed by atoms with van der Waals surface area (Å²) in [4.78, 5) is 16.1. The first-order chi connectivity index (χ1) is 7.83. The summed E-state index contributed by atoms with van der Waals surface area (Å²) in [5.74, 6) is 0. The maximum absolute atomic E-state index is 11.8. The van der Waals surface area contributed by atoms with Crippen molar-refractivity contribution in [1.29, 1.82) is 0 Å². The van der Waals surface area contributed by atoms with Crippen LogP contribution in [0, 0.1) is 0 Å². The van der Waals surface area contributed by atoms with Crippen LogP contribution in [-0.2, 0) is 4.74 Å². The van der Waals surface area contributed by atoms with Gasteiger partial charge in [0.15, 0.2) is 0 Å². The lowest BCUT2D eigenvalue weighted by Gasteiger charge is -2.35. The van der Waals surface area contributed by atoms with Crippen molar-refractivity contribution in [3.63, 3.8) is 0 Å². The Balaban J connectivity index is 2.61. The van der Waals surface area contributed by atoms with E-state index in [0.717, 1.165) is 0 Å². The molecule has 7 heteroatoms. The van der Waals surface area contributed by atoms with Crippen molar-refractivity contribution in [2.75, 3.05) is 13.1 Å². The zero-order valence-corrected chi connectivity index (χ0v) is 10.5. The van der Waals surface area contributed by atoms with Crippen molar-refractivity contribution >= 4 is 6.09 Å². The number of nitrogens with zero attached hydrogens (tertiary/aromatic N) is 4. The minimum atomic E-state index is -0.523. The summed E-state index contributed by atoms with van der Waals surface area (Å²) >= 11 is 0. The van der Waals surface area contributed by atoms with Gasteiger partial charge in [-0.1, -0.05) is 5.11 Å². The van der Waals surface area contributed by atoms with Crippen LogP contribution in [0.4, 0.5) is 4.79 Å². The number of hydrogen-bond acceptors (Lipinski definition) is 4. The molecular weight excluding hydrogens is 222 g/mol. The number of amides is 1. The van der Waals surface area contributed by atoms with Gasteiger partial charge in [-0.25, -0.2) is 4.79 Å². The topological polar surface area (TPSA) is 104 Å². The number of piperidine rings is 1. The molecule has 2 atom stereocenters. The Morgan fingerprint density at radius 3 is 2.76 bits per heavy atom. The number of hydrogen-bond donors (Lipinski definition) is 1. The first kappa shape index (κ1) is 13.6. The molecule has 0 aromatic heterocycles. The molecule has 1 aliphatic rings. The van der Waals surface area contributed by atoms with Crippen molar-refractivity contribution < 1.29 is 9.53 Å². The molecule has 96 valence electrons. The maximum atomic E-state index is 11.8. The highest BCUT2D eigenvalue weighted by Crippen LogP contribution is 2.16. The number of carbonyl (C=O) groups is 1. The lowest BCUT2D eigenvalue weighted by Crippen LogP contribution is -2.52. The molecule has 2 N–H and O–H groups in total. The molecule has 17 heavy (non-hydrogen) atoms. The molecule has 0 unspecified atom stereocenters. The molecule has 1 amide bonds. The first-order valence-electron chi connectivity index (χ1n) is 5.61. The van der Waals surface area contributed by atoms with Gasteiger partial charge in [-0.3, -0.25) is 0 Å². The van der Waals surface area contributed by atoms with Crippen LogP contribution in [0.25, 0.3) is 10.4 Å². The smallest absolute Gasteiger partial charge is 0.410 e. The third kappa shape index (κ3) is 4.13. The van der Waals surface area contributed by atoms with E-state index in [0.29, 0.717) is 19.5 Å². The Morgan fingerprint density at radius 1 is 1.59 bits per heavy atom. The summed E-state index contributed by atoms with van der Waals surface area (Å²) in [5.41, 5.74) is 13.7. The van der Waals surface area contributed by atoms with Crippen LogP contribution in [0.1, 0.15) is 27.2 Å². The summed E-state index contributed by atoms with van der Waals surface area (Å²) in [6, 6.07) is -0.564. The van der Waals surface area contributed by atoms with Crippen LogP contribution < -0.4 is 5.73 Å². The van der Waals surface area contributed by atoms with Gasteiger partial charge in [0.05, 0.1) is 6.04 Å². The fourth-order valence-corrected chi connectivity index (χ4v) is 1.63. The summed E-state index contributed by atoms with van der Waals surface area (Å²) in [5, 5.41) is 3.60. The molecule has 0 bridgehead atoms. The second-order valence-corrected chi connectivity index (χ2v) is 5.15. The highest BCUT2D eigenvalue weighted by Gasteiger charge is 2.31. The molecule has 0 spiro atoms. The molecule has 7 nitrogen and oxygen atoms in total. The van der Waals surface area contributed by atoms with E-state index < -0.39 is 5.60 Å². The van der Waals surface area contributed by atoms with E-state index in [1.165, 1.54) is 4.90 Å². The van der Waals surface area contributed by atoms with Gasteiger partial charge >= 0.3 is 6.09 Å². The molecule has 1 aliphatic heterocycles. The molecule has 1 fully saturated rings. The largest absolute Gasteiger partial charge is 0.444 e. The molecule has 0 saturated carbocycles. The zero-order valence-electron chi connectivity index (χ0n) is 10.5. The normalized spacial score (nSPS) is 25.1. The van der Waals surface area contributed by atoms with Gasteiger partial charge < -0.3 is 15.4 Å². The summed E-state index contributed by atoms with van der Waals surface area (Å²) in [6.45, 7) is 6.29. The van der Waals surface area contributed by atoms with Crippen LogP contribution in [0.15, 0.2) is 5.11 Å². The minimum Gasteiger partial charge on any atom is -0.444 e. The Morgan fingerprint density at radius 2 is 2.24 bits per heavy atom. The number of azide groups is 1. The van der Waals surface area contributed by atoms with Crippen LogP contribution in [0.5, 0.6) is 0 Å². The molecular formula is C10H19N5O2. The Bertz CT molecular complexity index is 332. The van der Waals surface area contributed by atoms with Gasteiger partial charge in [-0.05, 0) is 32.7 Å². The Kier molecular flexibility index (Phi) is 4.20. The first-order valence-corrected chi connectivity index (χ1v) is 5.61. The number of carbonyl (C=O) groups excluding carboxylic acids is 1. The molecule has 0 aromatic rings. The lowest BCUT2D eigenvalue weighted by molar-refractivity contribution is 0.0189. The Hall–Kier alpha value is -1.46. The van der Waals surface area contributed by atoms with Gasteiger partial charge in [0.25, 0.3) is 0 Å². The van der Waals surface area contributed by atoms with E-state index in [1.54, 1.807) is 0 Å². The van der Waals surface area contributed by atoms with E-state index >= 15 is 0 Å². The van der Waals surface area contributed by atoms with E-state index in [1.807, 2.05) is 20.8 Å². The minimum absolute atomic E-state index is 0.190. The maximum Gasteiger partial charge on any atom is 0.410 e. The predicted octanol–water partition coefficient (Wildman–Crippen LogP) is 1.63. The number of ether oxygens (including phenoxy) is 1. The fourth-order valence-electron chi connectivity index (χ4n) is 1.63. The van der Waals surface area contributed by atoms with E-state index in [4.69, 9.17) is 16.0 Å². The predicted molar refractivity (Wildman–Crippen MR) is 63.3 cm³/mol. The number of likely N-dealkylation sites (tertiary alicyclic amines) is 1. The molecule has 0 radical (unpaired) electrons. The van der Waals surface area contributed by atoms with Gasteiger partial charge in [-0.15, -0.1) is 0 Å². The quantitative estimate of drug-likeness (QED) is 0.428. The van der Waals surface area contributed by atoms with Crippen molar-refractivity contribution in [2.45, 2.75) is 44.9 Å².